The van der Waals surface area contributed by atoms with Gasteiger partial charge in [-0.2, -0.15) is 4.98 Å². The zero-order valence-corrected chi connectivity index (χ0v) is 11.4. The van der Waals surface area contributed by atoms with Crippen LogP contribution in [0.2, 0.25) is 0 Å². The molecule has 19 heavy (non-hydrogen) atoms. The maximum absolute atomic E-state index is 11.7. The summed E-state index contributed by atoms with van der Waals surface area (Å²) in [5.74, 6) is 1.23. The van der Waals surface area contributed by atoms with Crippen LogP contribution in [0.4, 0.5) is 0 Å². The second kappa shape index (κ2) is 5.73. The molecule has 0 radical (unpaired) electrons. The Morgan fingerprint density at radius 3 is 2.79 bits per heavy atom. The first-order valence-corrected chi connectivity index (χ1v) is 6.33. The van der Waals surface area contributed by atoms with E-state index in [1.165, 1.54) is 0 Å². The fourth-order valence-electron chi connectivity index (χ4n) is 1.79. The Balaban J connectivity index is 2.09. The zero-order valence-electron chi connectivity index (χ0n) is 11.4. The summed E-state index contributed by atoms with van der Waals surface area (Å²) in [5, 5.41) is 3.86. The van der Waals surface area contributed by atoms with Crippen LogP contribution in [0.1, 0.15) is 31.9 Å². The third kappa shape index (κ3) is 3.71. The minimum atomic E-state index is 0.113. The van der Waals surface area contributed by atoms with Crippen molar-refractivity contribution in [3.05, 3.63) is 29.8 Å². The maximum Gasteiger partial charge on any atom is 0.234 e. The lowest BCUT2D eigenvalue weighted by molar-refractivity contribution is -0.119. The smallest absolute Gasteiger partial charge is 0.234 e. The molecular weight excluding hydrogens is 242 g/mol. The summed E-state index contributed by atoms with van der Waals surface area (Å²) in [4.78, 5) is 20.2. The van der Waals surface area contributed by atoms with Crippen LogP contribution in [0, 0.1) is 12.8 Å². The topological polar surface area (TPSA) is 68.9 Å². The Morgan fingerprint density at radius 1 is 1.32 bits per heavy atom. The molecule has 0 bridgehead atoms. The molecule has 0 saturated heterocycles. The van der Waals surface area contributed by atoms with Crippen molar-refractivity contribution in [3.8, 4) is 11.5 Å². The predicted molar refractivity (Wildman–Crippen MR) is 70.4 cm³/mol. The molecule has 2 heterocycles. The van der Waals surface area contributed by atoms with Gasteiger partial charge in [-0.05, 0) is 25.0 Å². The van der Waals surface area contributed by atoms with Crippen molar-refractivity contribution in [2.75, 3.05) is 0 Å². The van der Waals surface area contributed by atoms with Gasteiger partial charge in [0.25, 0.3) is 0 Å². The van der Waals surface area contributed by atoms with Crippen LogP contribution < -0.4 is 0 Å². The van der Waals surface area contributed by atoms with Gasteiger partial charge >= 0.3 is 0 Å². The lowest BCUT2D eigenvalue weighted by atomic mass is 10.1. The van der Waals surface area contributed by atoms with Gasteiger partial charge in [0, 0.05) is 12.1 Å². The van der Waals surface area contributed by atoms with Crippen molar-refractivity contribution < 1.29 is 9.32 Å². The number of aromatic nitrogens is 3. The Bertz CT molecular complexity index is 576. The van der Waals surface area contributed by atoms with E-state index in [9.17, 15) is 4.79 Å². The molecule has 5 heteroatoms. The first kappa shape index (κ1) is 13.4. The van der Waals surface area contributed by atoms with Gasteiger partial charge in [-0.15, -0.1) is 0 Å². The van der Waals surface area contributed by atoms with Crippen molar-refractivity contribution in [3.63, 3.8) is 0 Å². The highest BCUT2D eigenvalue weighted by Gasteiger charge is 2.14. The number of pyridine rings is 1. The molecule has 0 aromatic carbocycles. The van der Waals surface area contributed by atoms with Gasteiger partial charge in [-0.25, -0.2) is 4.98 Å². The first-order valence-electron chi connectivity index (χ1n) is 6.33. The number of hydrogen-bond acceptors (Lipinski definition) is 5. The third-order valence-corrected chi connectivity index (χ3v) is 2.57. The minimum Gasteiger partial charge on any atom is -0.338 e. The van der Waals surface area contributed by atoms with Crippen molar-refractivity contribution in [2.24, 2.45) is 5.92 Å². The van der Waals surface area contributed by atoms with Gasteiger partial charge in [0.05, 0.1) is 6.42 Å². The number of hydrogen-bond donors (Lipinski definition) is 0. The highest BCUT2D eigenvalue weighted by atomic mass is 16.5. The number of carbonyl (C=O) groups is 1. The summed E-state index contributed by atoms with van der Waals surface area (Å²) in [6.07, 6.45) is 0.720. The summed E-state index contributed by atoms with van der Waals surface area (Å²) in [5.41, 5.74) is 1.55. The lowest BCUT2D eigenvalue weighted by Crippen LogP contribution is -2.06. The van der Waals surface area contributed by atoms with Crippen LogP contribution in [-0.4, -0.2) is 20.9 Å². The number of ketones is 1. The van der Waals surface area contributed by atoms with E-state index in [-0.39, 0.29) is 12.2 Å². The zero-order chi connectivity index (χ0) is 13.8. The van der Waals surface area contributed by atoms with Crippen LogP contribution in [0.25, 0.3) is 11.5 Å². The fourth-order valence-corrected chi connectivity index (χ4v) is 1.79. The molecule has 0 fully saturated rings. The molecule has 0 aliphatic heterocycles. The Hall–Kier alpha value is -2.04. The van der Waals surface area contributed by atoms with E-state index in [2.05, 4.69) is 15.1 Å². The molecule has 0 atom stereocenters. The highest BCUT2D eigenvalue weighted by Crippen LogP contribution is 2.14. The molecular formula is C14H17N3O2. The van der Waals surface area contributed by atoms with Gasteiger partial charge in [0.15, 0.2) is 0 Å². The molecule has 100 valence electrons. The standard InChI is InChI=1S/C14H17N3O2/c1-9(2)7-11(18)8-13-16-14(17-19-13)12-6-4-5-10(3)15-12/h4-6,9H,7-8H2,1-3H3. The molecule has 5 nitrogen and oxygen atoms in total. The number of rotatable bonds is 5. The third-order valence-electron chi connectivity index (χ3n) is 2.57. The largest absolute Gasteiger partial charge is 0.338 e. The van der Waals surface area contributed by atoms with E-state index in [1.807, 2.05) is 39.0 Å². The van der Waals surface area contributed by atoms with Gasteiger partial charge in [-0.3, -0.25) is 4.79 Å². The molecule has 0 spiro atoms. The SMILES string of the molecule is Cc1cccc(-c2noc(CC(=O)CC(C)C)n2)n1. The molecule has 2 aromatic rings. The quantitative estimate of drug-likeness (QED) is 0.825. The molecule has 2 rings (SSSR count). The Labute approximate surface area is 112 Å². The second-order valence-corrected chi connectivity index (χ2v) is 4.99. The van der Waals surface area contributed by atoms with Crippen LogP contribution in [0.3, 0.4) is 0 Å². The maximum atomic E-state index is 11.7. The summed E-state index contributed by atoms with van der Waals surface area (Å²) < 4.78 is 5.09. The van der Waals surface area contributed by atoms with Crippen molar-refractivity contribution in [1.82, 2.24) is 15.1 Å². The number of aryl methyl sites for hydroxylation is 1. The van der Waals surface area contributed by atoms with Crippen molar-refractivity contribution >= 4 is 5.78 Å². The normalized spacial score (nSPS) is 10.9. The van der Waals surface area contributed by atoms with Gasteiger partial charge in [0.2, 0.25) is 11.7 Å². The summed E-state index contributed by atoms with van der Waals surface area (Å²) in [6.45, 7) is 5.91. The average Bonchev–Trinajstić information content (AvgIpc) is 2.76. The number of Topliss-reactive ketones (excluding diaryl/α,β-unsaturated/α-hetero) is 1. The fraction of sp³-hybridized carbons (Fsp3) is 0.429. The Kier molecular flexibility index (Phi) is 4.04. The van der Waals surface area contributed by atoms with E-state index in [0.717, 1.165) is 5.69 Å². The molecule has 0 aliphatic carbocycles. The molecule has 0 amide bonds. The van der Waals surface area contributed by atoms with E-state index in [1.54, 1.807) is 0 Å². The molecule has 0 N–H and O–H groups in total. The minimum absolute atomic E-state index is 0.113. The summed E-state index contributed by atoms with van der Waals surface area (Å²) in [7, 11) is 0. The summed E-state index contributed by atoms with van der Waals surface area (Å²) >= 11 is 0. The highest BCUT2D eigenvalue weighted by molar-refractivity contribution is 5.80. The van der Waals surface area contributed by atoms with Crippen LogP contribution in [0.5, 0.6) is 0 Å². The van der Waals surface area contributed by atoms with E-state index in [4.69, 9.17) is 4.52 Å². The Morgan fingerprint density at radius 2 is 2.11 bits per heavy atom. The van der Waals surface area contributed by atoms with Gasteiger partial charge in [-0.1, -0.05) is 25.1 Å². The van der Waals surface area contributed by atoms with E-state index >= 15 is 0 Å². The van der Waals surface area contributed by atoms with Crippen molar-refractivity contribution in [1.29, 1.82) is 0 Å². The molecule has 0 unspecified atom stereocenters. The van der Waals surface area contributed by atoms with E-state index in [0.29, 0.717) is 29.7 Å². The number of carbonyl (C=O) groups excluding carboxylic acids is 1. The second-order valence-electron chi connectivity index (χ2n) is 4.99. The van der Waals surface area contributed by atoms with E-state index < -0.39 is 0 Å². The van der Waals surface area contributed by atoms with Gasteiger partial charge in [0.1, 0.15) is 11.5 Å². The monoisotopic (exact) mass is 259 g/mol. The van der Waals surface area contributed by atoms with Crippen LogP contribution in [0.15, 0.2) is 22.7 Å². The summed E-state index contributed by atoms with van der Waals surface area (Å²) in [6, 6.07) is 5.60. The van der Waals surface area contributed by atoms with Crippen LogP contribution in [-0.2, 0) is 11.2 Å². The molecule has 0 aliphatic rings. The average molecular weight is 259 g/mol. The predicted octanol–water partition coefficient (Wildman–Crippen LogP) is 2.60. The molecule has 2 aromatic heterocycles. The van der Waals surface area contributed by atoms with Crippen LogP contribution >= 0.6 is 0 Å². The van der Waals surface area contributed by atoms with Gasteiger partial charge < -0.3 is 4.52 Å². The lowest BCUT2D eigenvalue weighted by Gasteiger charge is -2.00. The van der Waals surface area contributed by atoms with Crippen molar-refractivity contribution in [2.45, 2.75) is 33.6 Å². The first-order chi connectivity index (χ1) is 9.04. The number of nitrogens with zero attached hydrogens (tertiary/aromatic N) is 3. The molecule has 0 saturated carbocycles.